The maximum atomic E-state index is 5.81. The number of anilines is 1. The Kier molecular flexibility index (Phi) is 3.26. The molecule has 2 heterocycles. The first-order chi connectivity index (χ1) is 6.79. The van der Waals surface area contributed by atoms with Gasteiger partial charge in [-0.3, -0.25) is 0 Å². The summed E-state index contributed by atoms with van der Waals surface area (Å²) in [4.78, 5) is 6.59. The molecule has 0 radical (unpaired) electrons. The average Bonchev–Trinajstić information content (AvgIpc) is 2.65. The number of rotatable bonds is 2. The van der Waals surface area contributed by atoms with E-state index in [9.17, 15) is 0 Å². The third-order valence-electron chi connectivity index (χ3n) is 2.56. The summed E-state index contributed by atoms with van der Waals surface area (Å²) in [6.07, 6.45) is 2.48. The van der Waals surface area contributed by atoms with Gasteiger partial charge in [-0.05, 0) is 19.9 Å². The first kappa shape index (κ1) is 10.2. The highest BCUT2D eigenvalue weighted by molar-refractivity contribution is 7.14. The minimum absolute atomic E-state index is 0.589. The second-order valence-electron chi connectivity index (χ2n) is 3.53. The fourth-order valence-corrected chi connectivity index (χ4v) is 2.76. The zero-order valence-corrected chi connectivity index (χ0v) is 9.74. The smallest absolute Gasteiger partial charge is 0.186 e. The summed E-state index contributed by atoms with van der Waals surface area (Å²) < 4.78 is 0. The molecule has 2 rings (SSSR count). The first-order valence-corrected chi connectivity index (χ1v) is 6.08. The molecule has 1 saturated heterocycles. The van der Waals surface area contributed by atoms with Gasteiger partial charge in [-0.25, -0.2) is 4.98 Å². The monoisotopic (exact) mass is 231 g/mol. The van der Waals surface area contributed by atoms with Gasteiger partial charge in [0.15, 0.2) is 5.13 Å². The van der Waals surface area contributed by atoms with E-state index >= 15 is 0 Å². The maximum Gasteiger partial charge on any atom is 0.186 e. The van der Waals surface area contributed by atoms with Gasteiger partial charge in [0.1, 0.15) is 5.15 Å². The van der Waals surface area contributed by atoms with Crippen LogP contribution in [-0.2, 0) is 0 Å². The largest absolute Gasteiger partial charge is 0.346 e. The van der Waals surface area contributed by atoms with E-state index in [0.717, 1.165) is 18.2 Å². The minimum atomic E-state index is 0.589. The quantitative estimate of drug-likeness (QED) is 0.844. The van der Waals surface area contributed by atoms with Crippen LogP contribution in [-0.4, -0.2) is 31.2 Å². The highest BCUT2D eigenvalue weighted by Crippen LogP contribution is 2.25. The van der Waals surface area contributed by atoms with E-state index in [-0.39, 0.29) is 0 Å². The molecule has 1 aromatic rings. The Balaban J connectivity index is 2.04. The van der Waals surface area contributed by atoms with Crippen molar-refractivity contribution in [2.24, 2.45) is 0 Å². The summed E-state index contributed by atoms with van der Waals surface area (Å²) in [7, 11) is 2.02. The van der Waals surface area contributed by atoms with Crippen molar-refractivity contribution in [3.63, 3.8) is 0 Å². The van der Waals surface area contributed by atoms with E-state index in [0.29, 0.717) is 11.2 Å². The van der Waals surface area contributed by atoms with E-state index < -0.39 is 0 Å². The van der Waals surface area contributed by atoms with Gasteiger partial charge in [-0.15, -0.1) is 11.3 Å². The second-order valence-corrected chi connectivity index (χ2v) is 4.75. The van der Waals surface area contributed by atoms with Crippen molar-refractivity contribution in [2.75, 3.05) is 25.0 Å². The molecule has 5 heteroatoms. The lowest BCUT2D eigenvalue weighted by molar-refractivity contribution is 0.449. The molecule has 0 bridgehead atoms. The van der Waals surface area contributed by atoms with Crippen LogP contribution >= 0.6 is 22.9 Å². The molecule has 78 valence electrons. The molecular weight excluding hydrogens is 218 g/mol. The van der Waals surface area contributed by atoms with Crippen LogP contribution < -0.4 is 10.2 Å². The molecule has 1 aromatic heterocycles. The molecule has 1 aliphatic heterocycles. The molecule has 1 unspecified atom stereocenters. The van der Waals surface area contributed by atoms with Crippen molar-refractivity contribution in [2.45, 2.75) is 18.9 Å². The van der Waals surface area contributed by atoms with Crippen LogP contribution in [0.2, 0.25) is 5.15 Å². The van der Waals surface area contributed by atoms with Gasteiger partial charge in [0.25, 0.3) is 0 Å². The lowest BCUT2D eigenvalue weighted by atomic mass is 10.1. The molecular formula is C9H14ClN3S. The molecule has 1 N–H and O–H groups in total. The highest BCUT2D eigenvalue weighted by atomic mass is 35.5. The molecule has 0 spiro atoms. The number of nitrogens with zero attached hydrogens (tertiary/aromatic N) is 2. The van der Waals surface area contributed by atoms with Crippen LogP contribution in [0.1, 0.15) is 12.8 Å². The number of piperidine rings is 1. The van der Waals surface area contributed by atoms with Gasteiger partial charge in [-0.2, -0.15) is 0 Å². The Morgan fingerprint density at radius 1 is 1.71 bits per heavy atom. The Labute approximate surface area is 93.1 Å². The number of nitrogens with one attached hydrogen (secondary N) is 1. The topological polar surface area (TPSA) is 28.2 Å². The number of thiazole rings is 1. The summed E-state index contributed by atoms with van der Waals surface area (Å²) in [5.74, 6) is 0. The Hall–Kier alpha value is -0.320. The third kappa shape index (κ3) is 2.19. The molecule has 0 aromatic carbocycles. The molecule has 0 aliphatic carbocycles. The van der Waals surface area contributed by atoms with E-state index in [2.05, 4.69) is 15.2 Å². The first-order valence-electron chi connectivity index (χ1n) is 4.83. The lowest BCUT2D eigenvalue weighted by Gasteiger charge is -2.32. The van der Waals surface area contributed by atoms with Gasteiger partial charge >= 0.3 is 0 Å². The van der Waals surface area contributed by atoms with Crippen LogP contribution in [0.25, 0.3) is 0 Å². The normalized spacial score (nSPS) is 22.7. The molecule has 0 saturated carbocycles. The predicted molar refractivity (Wildman–Crippen MR) is 61.4 cm³/mol. The molecule has 1 aliphatic rings. The molecule has 14 heavy (non-hydrogen) atoms. The van der Waals surface area contributed by atoms with Crippen LogP contribution in [0, 0.1) is 0 Å². The standard InChI is InChI=1S/C9H14ClN3S/c1-11-7-3-2-4-13(5-7)9-12-8(10)6-14-9/h6-7,11H,2-5H2,1H3. The van der Waals surface area contributed by atoms with E-state index in [4.69, 9.17) is 11.6 Å². The summed E-state index contributed by atoms with van der Waals surface area (Å²) in [6, 6.07) is 0.589. The van der Waals surface area contributed by atoms with E-state index in [1.165, 1.54) is 12.8 Å². The summed E-state index contributed by atoms with van der Waals surface area (Å²) >= 11 is 7.43. The fraction of sp³-hybridized carbons (Fsp3) is 0.667. The molecule has 3 nitrogen and oxygen atoms in total. The molecule has 1 atom stereocenters. The van der Waals surface area contributed by atoms with Gasteiger partial charge in [-0.1, -0.05) is 11.6 Å². The van der Waals surface area contributed by atoms with Crippen molar-refractivity contribution in [3.8, 4) is 0 Å². The Bertz CT molecular complexity index is 302. The van der Waals surface area contributed by atoms with Crippen molar-refractivity contribution in [3.05, 3.63) is 10.5 Å². The number of likely N-dealkylation sites (N-methyl/N-ethyl adjacent to an activating group) is 1. The predicted octanol–water partition coefficient (Wildman–Crippen LogP) is 1.98. The summed E-state index contributed by atoms with van der Waals surface area (Å²) in [6.45, 7) is 2.14. The number of aromatic nitrogens is 1. The SMILES string of the molecule is CNC1CCCN(c2nc(Cl)cs2)C1. The zero-order valence-electron chi connectivity index (χ0n) is 8.16. The van der Waals surface area contributed by atoms with E-state index in [1.807, 2.05) is 12.4 Å². The van der Waals surface area contributed by atoms with Crippen molar-refractivity contribution >= 4 is 28.1 Å². The lowest BCUT2D eigenvalue weighted by Crippen LogP contribution is -2.44. The minimum Gasteiger partial charge on any atom is -0.346 e. The highest BCUT2D eigenvalue weighted by Gasteiger charge is 2.20. The van der Waals surface area contributed by atoms with Crippen LogP contribution in [0.15, 0.2) is 5.38 Å². The zero-order chi connectivity index (χ0) is 9.97. The molecule has 1 fully saturated rings. The average molecular weight is 232 g/mol. The van der Waals surface area contributed by atoms with Gasteiger partial charge in [0.05, 0.1) is 0 Å². The number of hydrogen-bond donors (Lipinski definition) is 1. The molecule has 0 amide bonds. The van der Waals surface area contributed by atoms with Gasteiger partial charge in [0.2, 0.25) is 0 Å². The van der Waals surface area contributed by atoms with Crippen LogP contribution in [0.4, 0.5) is 5.13 Å². The van der Waals surface area contributed by atoms with Crippen molar-refractivity contribution in [1.82, 2.24) is 10.3 Å². The van der Waals surface area contributed by atoms with Gasteiger partial charge < -0.3 is 10.2 Å². The van der Waals surface area contributed by atoms with Crippen molar-refractivity contribution in [1.29, 1.82) is 0 Å². The number of hydrogen-bond acceptors (Lipinski definition) is 4. The van der Waals surface area contributed by atoms with Crippen molar-refractivity contribution < 1.29 is 0 Å². The van der Waals surface area contributed by atoms with E-state index in [1.54, 1.807) is 11.3 Å². The Morgan fingerprint density at radius 2 is 2.57 bits per heavy atom. The van der Waals surface area contributed by atoms with Gasteiger partial charge in [0, 0.05) is 24.5 Å². The van der Waals surface area contributed by atoms with Crippen LogP contribution in [0.5, 0.6) is 0 Å². The maximum absolute atomic E-state index is 5.81. The van der Waals surface area contributed by atoms with Crippen LogP contribution in [0.3, 0.4) is 0 Å². The second kappa shape index (κ2) is 4.47. The summed E-state index contributed by atoms with van der Waals surface area (Å²) in [5, 5.41) is 6.86. The number of halogens is 1. The Morgan fingerprint density at radius 3 is 3.21 bits per heavy atom. The third-order valence-corrected chi connectivity index (χ3v) is 3.79. The summed E-state index contributed by atoms with van der Waals surface area (Å²) in [5.41, 5.74) is 0. The fourth-order valence-electron chi connectivity index (χ4n) is 1.78.